The first-order chi connectivity index (χ1) is 8.13. The van der Waals surface area contributed by atoms with Crippen molar-refractivity contribution in [2.24, 2.45) is 5.92 Å². The Kier molecular flexibility index (Phi) is 5.91. The van der Waals surface area contributed by atoms with Gasteiger partial charge in [0.2, 0.25) is 5.88 Å². The predicted molar refractivity (Wildman–Crippen MR) is 69.0 cm³/mol. The Balaban J connectivity index is 2.62. The highest BCUT2D eigenvalue weighted by Crippen LogP contribution is 2.17. The normalized spacial score (nSPS) is 12.8. The highest BCUT2D eigenvalue weighted by Gasteiger charge is 2.11. The summed E-state index contributed by atoms with van der Waals surface area (Å²) < 4.78 is 5.86. The van der Waals surface area contributed by atoms with E-state index in [1.54, 1.807) is 0 Å². The van der Waals surface area contributed by atoms with Crippen molar-refractivity contribution in [2.45, 2.75) is 46.8 Å². The molecule has 0 bridgehead atoms. The minimum absolute atomic E-state index is 0.185. The molecule has 0 saturated heterocycles. The molecule has 1 heterocycles. The number of nitrogens with zero attached hydrogens (tertiary/aromatic N) is 2. The van der Waals surface area contributed by atoms with Crippen molar-refractivity contribution >= 4 is 0 Å². The van der Waals surface area contributed by atoms with Crippen molar-refractivity contribution < 1.29 is 4.74 Å². The second-order valence-electron chi connectivity index (χ2n) is 4.69. The van der Waals surface area contributed by atoms with Crippen LogP contribution in [0.25, 0.3) is 0 Å². The van der Waals surface area contributed by atoms with Crippen LogP contribution in [0.3, 0.4) is 0 Å². The molecule has 1 aromatic rings. The minimum Gasteiger partial charge on any atom is -0.474 e. The molecule has 4 nitrogen and oxygen atoms in total. The molecular formula is C13H23N3O. The Morgan fingerprint density at radius 1 is 1.35 bits per heavy atom. The van der Waals surface area contributed by atoms with Gasteiger partial charge in [0, 0.05) is 18.3 Å². The van der Waals surface area contributed by atoms with Crippen LogP contribution in [0.1, 0.15) is 39.7 Å². The zero-order valence-corrected chi connectivity index (χ0v) is 11.2. The summed E-state index contributed by atoms with van der Waals surface area (Å²) >= 11 is 0. The number of ether oxygens (including phenoxy) is 1. The van der Waals surface area contributed by atoms with Gasteiger partial charge in [0.1, 0.15) is 6.33 Å². The van der Waals surface area contributed by atoms with Crippen molar-refractivity contribution in [1.29, 1.82) is 0 Å². The molecule has 96 valence electrons. The number of rotatable bonds is 7. The lowest BCUT2D eigenvalue weighted by Gasteiger charge is -2.17. The van der Waals surface area contributed by atoms with Gasteiger partial charge in [0.05, 0.1) is 6.10 Å². The molecule has 0 aromatic carbocycles. The van der Waals surface area contributed by atoms with E-state index in [1.807, 2.05) is 6.20 Å². The van der Waals surface area contributed by atoms with E-state index in [4.69, 9.17) is 4.74 Å². The maximum absolute atomic E-state index is 5.86. The summed E-state index contributed by atoms with van der Waals surface area (Å²) in [4.78, 5) is 8.24. The first kappa shape index (κ1) is 13.9. The van der Waals surface area contributed by atoms with Gasteiger partial charge in [0.25, 0.3) is 0 Å². The van der Waals surface area contributed by atoms with Crippen molar-refractivity contribution in [3.8, 4) is 5.88 Å². The summed E-state index contributed by atoms with van der Waals surface area (Å²) in [7, 11) is 0. The summed E-state index contributed by atoms with van der Waals surface area (Å²) in [6.45, 7) is 10.2. The van der Waals surface area contributed by atoms with Crippen LogP contribution in [0.5, 0.6) is 5.88 Å². The van der Waals surface area contributed by atoms with Crippen LogP contribution in [-0.4, -0.2) is 22.6 Å². The summed E-state index contributed by atoms with van der Waals surface area (Å²) in [5.74, 6) is 1.33. The lowest BCUT2D eigenvalue weighted by molar-refractivity contribution is 0.183. The SMILES string of the molecule is CCNCc1cncnc1OC(C)CC(C)C. The molecule has 1 N–H and O–H groups in total. The van der Waals surface area contributed by atoms with Gasteiger partial charge >= 0.3 is 0 Å². The van der Waals surface area contributed by atoms with Crippen molar-refractivity contribution in [3.05, 3.63) is 18.1 Å². The maximum Gasteiger partial charge on any atom is 0.221 e. The fraction of sp³-hybridized carbons (Fsp3) is 0.692. The van der Waals surface area contributed by atoms with Crippen LogP contribution in [-0.2, 0) is 6.54 Å². The van der Waals surface area contributed by atoms with E-state index in [0.29, 0.717) is 11.8 Å². The summed E-state index contributed by atoms with van der Waals surface area (Å²) in [6.07, 6.45) is 4.57. The van der Waals surface area contributed by atoms with Crippen LogP contribution < -0.4 is 10.1 Å². The third kappa shape index (κ3) is 5.13. The zero-order chi connectivity index (χ0) is 12.7. The summed E-state index contributed by atoms with van der Waals surface area (Å²) in [5.41, 5.74) is 1.02. The fourth-order valence-electron chi connectivity index (χ4n) is 1.74. The number of nitrogens with one attached hydrogen (secondary N) is 1. The first-order valence-electron chi connectivity index (χ1n) is 6.29. The smallest absolute Gasteiger partial charge is 0.221 e. The predicted octanol–water partition coefficient (Wildman–Crippen LogP) is 2.40. The van der Waals surface area contributed by atoms with Crippen LogP contribution in [0.4, 0.5) is 0 Å². The number of hydrogen-bond acceptors (Lipinski definition) is 4. The largest absolute Gasteiger partial charge is 0.474 e. The molecule has 0 saturated carbocycles. The minimum atomic E-state index is 0.185. The van der Waals surface area contributed by atoms with Crippen LogP contribution in [0, 0.1) is 5.92 Å². The maximum atomic E-state index is 5.86. The van der Waals surface area contributed by atoms with Crippen LogP contribution >= 0.6 is 0 Å². The Labute approximate surface area is 104 Å². The number of aromatic nitrogens is 2. The molecule has 0 radical (unpaired) electrons. The molecule has 17 heavy (non-hydrogen) atoms. The van der Waals surface area contributed by atoms with Crippen LogP contribution in [0.2, 0.25) is 0 Å². The van der Waals surface area contributed by atoms with Crippen molar-refractivity contribution in [3.63, 3.8) is 0 Å². The highest BCUT2D eigenvalue weighted by molar-refractivity contribution is 5.22. The quantitative estimate of drug-likeness (QED) is 0.791. The Hall–Kier alpha value is -1.16. The van der Waals surface area contributed by atoms with Gasteiger partial charge in [-0.2, -0.15) is 0 Å². The molecular weight excluding hydrogens is 214 g/mol. The Morgan fingerprint density at radius 3 is 2.76 bits per heavy atom. The molecule has 1 rings (SSSR count). The summed E-state index contributed by atoms with van der Waals surface area (Å²) in [6, 6.07) is 0. The number of hydrogen-bond donors (Lipinski definition) is 1. The van der Waals surface area contributed by atoms with E-state index >= 15 is 0 Å². The lowest BCUT2D eigenvalue weighted by atomic mass is 10.1. The fourth-order valence-corrected chi connectivity index (χ4v) is 1.74. The second-order valence-corrected chi connectivity index (χ2v) is 4.69. The van der Waals surface area contributed by atoms with Gasteiger partial charge in [0.15, 0.2) is 0 Å². The van der Waals surface area contributed by atoms with Gasteiger partial charge in [-0.15, -0.1) is 0 Å². The molecule has 0 spiro atoms. The van der Waals surface area contributed by atoms with E-state index in [9.17, 15) is 0 Å². The molecule has 1 aromatic heterocycles. The molecule has 1 unspecified atom stereocenters. The molecule has 4 heteroatoms. The van der Waals surface area contributed by atoms with Gasteiger partial charge in [-0.1, -0.05) is 20.8 Å². The molecule has 1 atom stereocenters. The molecule has 0 aliphatic rings. The van der Waals surface area contributed by atoms with Gasteiger partial charge < -0.3 is 10.1 Å². The van der Waals surface area contributed by atoms with E-state index in [0.717, 1.165) is 25.1 Å². The second kappa shape index (κ2) is 7.22. The molecule has 0 fully saturated rings. The first-order valence-corrected chi connectivity index (χ1v) is 6.29. The third-order valence-electron chi connectivity index (χ3n) is 2.43. The molecule has 0 amide bonds. The summed E-state index contributed by atoms with van der Waals surface area (Å²) in [5, 5.41) is 3.26. The van der Waals surface area contributed by atoms with Crippen molar-refractivity contribution in [1.82, 2.24) is 15.3 Å². The highest BCUT2D eigenvalue weighted by atomic mass is 16.5. The molecule has 0 aliphatic carbocycles. The Bertz CT molecular complexity index is 328. The third-order valence-corrected chi connectivity index (χ3v) is 2.43. The topological polar surface area (TPSA) is 47.0 Å². The monoisotopic (exact) mass is 237 g/mol. The van der Waals surface area contributed by atoms with Gasteiger partial charge in [-0.25, -0.2) is 9.97 Å². The molecule has 0 aliphatic heterocycles. The van der Waals surface area contributed by atoms with Crippen molar-refractivity contribution in [2.75, 3.05) is 6.54 Å². The zero-order valence-electron chi connectivity index (χ0n) is 11.2. The Morgan fingerprint density at radius 2 is 2.12 bits per heavy atom. The van der Waals surface area contributed by atoms with Gasteiger partial charge in [-0.3, -0.25) is 0 Å². The van der Waals surface area contributed by atoms with E-state index in [2.05, 4.69) is 43.0 Å². The van der Waals surface area contributed by atoms with Gasteiger partial charge in [-0.05, 0) is 25.8 Å². The standard InChI is InChI=1S/C13H23N3O/c1-5-14-7-12-8-15-9-16-13(12)17-11(4)6-10(2)3/h8-11,14H,5-7H2,1-4H3. The average molecular weight is 237 g/mol. The lowest BCUT2D eigenvalue weighted by Crippen LogP contribution is -2.18. The van der Waals surface area contributed by atoms with E-state index < -0.39 is 0 Å². The van der Waals surface area contributed by atoms with E-state index in [1.165, 1.54) is 6.33 Å². The van der Waals surface area contributed by atoms with Crippen LogP contribution in [0.15, 0.2) is 12.5 Å². The van der Waals surface area contributed by atoms with E-state index in [-0.39, 0.29) is 6.10 Å². The average Bonchev–Trinajstić information content (AvgIpc) is 2.26.